The molecule has 0 amide bonds. The van der Waals surface area contributed by atoms with E-state index in [-0.39, 0.29) is 0 Å². The summed E-state index contributed by atoms with van der Waals surface area (Å²) in [6.07, 6.45) is 0.832. The van der Waals surface area contributed by atoms with Crippen LogP contribution in [0.15, 0.2) is 24.3 Å². The Morgan fingerprint density at radius 3 is 2.75 bits per heavy atom. The van der Waals surface area contributed by atoms with Gasteiger partial charge in [-0.25, -0.2) is 4.98 Å². The van der Waals surface area contributed by atoms with E-state index in [1.807, 2.05) is 18.2 Å². The molecule has 4 heteroatoms. The highest BCUT2D eigenvalue weighted by Crippen LogP contribution is 2.25. The number of aryl methyl sites for hydroxylation is 1. The minimum absolute atomic E-state index is 0.427. The van der Waals surface area contributed by atoms with Crippen LogP contribution in [0.1, 0.15) is 40.9 Å². The van der Waals surface area contributed by atoms with Crippen LogP contribution in [-0.4, -0.2) is 11.6 Å². The van der Waals surface area contributed by atoms with Crippen molar-refractivity contribution >= 4 is 11.3 Å². The lowest BCUT2D eigenvalue weighted by molar-refractivity contribution is 0.321. The molecule has 0 aliphatic rings. The normalized spacial score (nSPS) is 11.1. The predicted molar refractivity (Wildman–Crippen MR) is 84.5 cm³/mol. The molecule has 0 aliphatic carbocycles. The maximum atomic E-state index is 5.78. The zero-order valence-electron chi connectivity index (χ0n) is 12.3. The zero-order chi connectivity index (χ0) is 14.5. The molecule has 2 aromatic rings. The van der Waals surface area contributed by atoms with E-state index >= 15 is 0 Å². The summed E-state index contributed by atoms with van der Waals surface area (Å²) in [6.45, 7) is 7.60. The van der Waals surface area contributed by atoms with Crippen molar-refractivity contribution in [2.24, 2.45) is 5.73 Å². The van der Waals surface area contributed by atoms with Gasteiger partial charge in [0.1, 0.15) is 5.75 Å². The van der Waals surface area contributed by atoms with Gasteiger partial charge in [0.15, 0.2) is 0 Å². The van der Waals surface area contributed by atoms with E-state index in [0.717, 1.165) is 22.9 Å². The number of nitrogens with zero attached hydrogens (tertiary/aromatic N) is 1. The van der Waals surface area contributed by atoms with Crippen LogP contribution in [0.4, 0.5) is 0 Å². The maximum absolute atomic E-state index is 5.78. The summed E-state index contributed by atoms with van der Waals surface area (Å²) in [5, 5.41) is 1.11. The van der Waals surface area contributed by atoms with Crippen molar-refractivity contribution in [3.05, 3.63) is 45.4 Å². The minimum atomic E-state index is 0.427. The second-order valence-electron chi connectivity index (χ2n) is 5.19. The molecule has 1 heterocycles. The smallest absolute Gasteiger partial charge is 0.119 e. The van der Waals surface area contributed by atoms with Crippen LogP contribution < -0.4 is 10.5 Å². The first-order valence-electron chi connectivity index (χ1n) is 6.98. The molecule has 0 bridgehead atoms. The molecule has 1 aromatic carbocycles. The van der Waals surface area contributed by atoms with Crippen molar-refractivity contribution in [2.75, 3.05) is 6.61 Å². The molecule has 20 heavy (non-hydrogen) atoms. The lowest BCUT2D eigenvalue weighted by atomic mass is 10.1. The van der Waals surface area contributed by atoms with E-state index in [9.17, 15) is 0 Å². The van der Waals surface area contributed by atoms with Crippen molar-refractivity contribution in [3.63, 3.8) is 0 Å². The van der Waals surface area contributed by atoms with Gasteiger partial charge in [-0.1, -0.05) is 26.0 Å². The molecule has 0 saturated heterocycles. The molecule has 0 spiro atoms. The number of rotatable bonds is 6. The van der Waals surface area contributed by atoms with Crippen molar-refractivity contribution in [2.45, 2.75) is 39.7 Å². The Bertz CT molecular complexity index is 563. The third-order valence-corrected chi connectivity index (χ3v) is 4.23. The van der Waals surface area contributed by atoms with Gasteiger partial charge in [0, 0.05) is 17.8 Å². The van der Waals surface area contributed by atoms with Gasteiger partial charge in [-0.05, 0) is 30.5 Å². The number of benzene rings is 1. The number of ether oxygens (including phenoxy) is 1. The predicted octanol–water partition coefficient (Wildman–Crippen LogP) is 3.66. The van der Waals surface area contributed by atoms with Gasteiger partial charge >= 0.3 is 0 Å². The van der Waals surface area contributed by atoms with Gasteiger partial charge in [-0.15, -0.1) is 11.3 Å². The number of hydrogen-bond donors (Lipinski definition) is 1. The second kappa shape index (κ2) is 6.86. The molecule has 2 N–H and O–H groups in total. The fourth-order valence-corrected chi connectivity index (χ4v) is 3.16. The largest absolute Gasteiger partial charge is 0.493 e. The molecule has 1 aromatic heterocycles. The first-order chi connectivity index (χ1) is 9.60. The van der Waals surface area contributed by atoms with Crippen LogP contribution >= 0.6 is 11.3 Å². The molecule has 108 valence electrons. The highest BCUT2D eigenvalue weighted by molar-refractivity contribution is 7.11. The Balaban J connectivity index is 1.94. The molecule has 0 radical (unpaired) electrons. The molecular formula is C16H22N2OS. The quantitative estimate of drug-likeness (QED) is 0.883. The van der Waals surface area contributed by atoms with Crippen molar-refractivity contribution in [3.8, 4) is 5.75 Å². The molecule has 0 unspecified atom stereocenters. The number of aromatic nitrogens is 1. The topological polar surface area (TPSA) is 48.1 Å². The standard InChI is InChI=1S/C16H22N2OS/c1-11(2)16-14(10-17)20-15(18-16)7-8-19-13-6-4-5-12(3)9-13/h4-6,9,11H,7-8,10,17H2,1-3H3. The van der Waals surface area contributed by atoms with Crippen LogP contribution in [0.25, 0.3) is 0 Å². The Kier molecular flexibility index (Phi) is 5.15. The Hall–Kier alpha value is -1.39. The van der Waals surface area contributed by atoms with Crippen LogP contribution in [0.5, 0.6) is 5.75 Å². The molecule has 0 atom stereocenters. The number of thiazole rings is 1. The Morgan fingerprint density at radius 1 is 1.35 bits per heavy atom. The molecule has 3 nitrogen and oxygen atoms in total. The summed E-state index contributed by atoms with van der Waals surface area (Å²) in [5.41, 5.74) is 8.13. The summed E-state index contributed by atoms with van der Waals surface area (Å²) >= 11 is 1.71. The van der Waals surface area contributed by atoms with Gasteiger partial charge in [-0.2, -0.15) is 0 Å². The van der Waals surface area contributed by atoms with Gasteiger partial charge in [0.2, 0.25) is 0 Å². The van der Waals surface area contributed by atoms with Crippen LogP contribution in [-0.2, 0) is 13.0 Å². The van der Waals surface area contributed by atoms with Crippen molar-refractivity contribution in [1.29, 1.82) is 0 Å². The average molecular weight is 290 g/mol. The fraction of sp³-hybridized carbons (Fsp3) is 0.438. The van der Waals surface area contributed by atoms with Crippen LogP contribution in [0.2, 0.25) is 0 Å². The monoisotopic (exact) mass is 290 g/mol. The van der Waals surface area contributed by atoms with E-state index in [1.54, 1.807) is 11.3 Å². The summed E-state index contributed by atoms with van der Waals surface area (Å²) < 4.78 is 5.77. The first kappa shape index (κ1) is 15.0. The molecule has 0 fully saturated rings. The second-order valence-corrected chi connectivity index (χ2v) is 6.36. The highest BCUT2D eigenvalue weighted by Gasteiger charge is 2.12. The lowest BCUT2D eigenvalue weighted by Gasteiger charge is -2.05. The lowest BCUT2D eigenvalue weighted by Crippen LogP contribution is -2.02. The maximum Gasteiger partial charge on any atom is 0.119 e. The summed E-state index contributed by atoms with van der Waals surface area (Å²) in [6, 6.07) is 8.11. The molecule has 0 saturated carbocycles. The summed E-state index contributed by atoms with van der Waals surface area (Å²) in [7, 11) is 0. The minimum Gasteiger partial charge on any atom is -0.493 e. The van der Waals surface area contributed by atoms with Gasteiger partial charge in [0.05, 0.1) is 17.3 Å². The summed E-state index contributed by atoms with van der Waals surface area (Å²) in [4.78, 5) is 5.89. The van der Waals surface area contributed by atoms with E-state index in [0.29, 0.717) is 19.1 Å². The molecule has 0 aliphatic heterocycles. The first-order valence-corrected chi connectivity index (χ1v) is 7.79. The highest BCUT2D eigenvalue weighted by atomic mass is 32.1. The van der Waals surface area contributed by atoms with E-state index in [1.165, 1.54) is 10.4 Å². The summed E-state index contributed by atoms with van der Waals surface area (Å²) in [5.74, 6) is 1.35. The van der Waals surface area contributed by atoms with E-state index in [2.05, 4.69) is 31.8 Å². The number of nitrogens with two attached hydrogens (primary N) is 1. The Morgan fingerprint density at radius 2 is 2.15 bits per heavy atom. The Labute approximate surface area is 124 Å². The SMILES string of the molecule is Cc1cccc(OCCc2nc(C(C)C)c(CN)s2)c1. The van der Waals surface area contributed by atoms with E-state index in [4.69, 9.17) is 10.5 Å². The van der Waals surface area contributed by atoms with Crippen LogP contribution in [0.3, 0.4) is 0 Å². The fourth-order valence-electron chi connectivity index (χ4n) is 2.08. The van der Waals surface area contributed by atoms with Crippen molar-refractivity contribution < 1.29 is 4.74 Å². The van der Waals surface area contributed by atoms with Gasteiger partial charge in [0.25, 0.3) is 0 Å². The molecular weight excluding hydrogens is 268 g/mol. The third kappa shape index (κ3) is 3.81. The number of hydrogen-bond acceptors (Lipinski definition) is 4. The van der Waals surface area contributed by atoms with E-state index < -0.39 is 0 Å². The van der Waals surface area contributed by atoms with Crippen molar-refractivity contribution in [1.82, 2.24) is 4.98 Å². The third-order valence-electron chi connectivity index (χ3n) is 3.08. The average Bonchev–Trinajstić information content (AvgIpc) is 2.82. The van der Waals surface area contributed by atoms with Gasteiger partial charge in [-0.3, -0.25) is 0 Å². The van der Waals surface area contributed by atoms with Crippen LogP contribution in [0, 0.1) is 6.92 Å². The molecule has 2 rings (SSSR count). The zero-order valence-corrected chi connectivity index (χ0v) is 13.2. The van der Waals surface area contributed by atoms with Gasteiger partial charge < -0.3 is 10.5 Å².